The minimum Gasteiger partial charge on any atom is -0.463 e. The Balaban J connectivity index is 1.93. The number of benzene rings is 1. The molecule has 5 heteroatoms. The number of rotatable bonds is 5. The van der Waals surface area contributed by atoms with Gasteiger partial charge in [0.1, 0.15) is 11.6 Å². The molecule has 0 radical (unpaired) electrons. The first-order valence-corrected chi connectivity index (χ1v) is 6.26. The molecule has 0 aliphatic heterocycles. The molecule has 2 rings (SSSR count). The molecule has 0 bridgehead atoms. The maximum atomic E-state index is 12.8. The zero-order valence-electron chi connectivity index (χ0n) is 11.4. The summed E-state index contributed by atoms with van der Waals surface area (Å²) in [5.41, 5.74) is 0.978. The van der Waals surface area contributed by atoms with Gasteiger partial charge in [0.05, 0.1) is 13.7 Å². The van der Waals surface area contributed by atoms with E-state index in [2.05, 4.69) is 10.1 Å². The van der Waals surface area contributed by atoms with Crippen molar-refractivity contribution in [3.8, 4) is 0 Å². The molecule has 0 aliphatic rings. The van der Waals surface area contributed by atoms with Gasteiger partial charge in [-0.25, -0.2) is 9.18 Å². The fourth-order valence-corrected chi connectivity index (χ4v) is 1.81. The van der Waals surface area contributed by atoms with Crippen molar-refractivity contribution in [2.24, 2.45) is 0 Å². The molecule has 0 spiro atoms. The van der Waals surface area contributed by atoms with Crippen molar-refractivity contribution in [3.05, 3.63) is 59.3 Å². The number of carbonyl (C=O) groups excluding carboxylic acids is 1. The second-order valence-electron chi connectivity index (χ2n) is 4.41. The van der Waals surface area contributed by atoms with Crippen LogP contribution in [0.25, 0.3) is 0 Å². The van der Waals surface area contributed by atoms with Crippen LogP contribution in [-0.4, -0.2) is 13.1 Å². The van der Waals surface area contributed by atoms with Crippen molar-refractivity contribution in [2.75, 3.05) is 7.11 Å². The van der Waals surface area contributed by atoms with E-state index in [9.17, 15) is 9.18 Å². The van der Waals surface area contributed by atoms with E-state index in [4.69, 9.17) is 4.42 Å². The number of furan rings is 1. The summed E-state index contributed by atoms with van der Waals surface area (Å²) < 4.78 is 22.7. The quantitative estimate of drug-likeness (QED) is 0.853. The fourth-order valence-electron chi connectivity index (χ4n) is 1.81. The number of carbonyl (C=O) groups is 1. The summed E-state index contributed by atoms with van der Waals surface area (Å²) in [5.74, 6) is 0.0654. The number of hydrogen-bond acceptors (Lipinski definition) is 4. The molecule has 0 amide bonds. The molecule has 0 saturated carbocycles. The van der Waals surface area contributed by atoms with Gasteiger partial charge in [0, 0.05) is 6.04 Å². The van der Waals surface area contributed by atoms with Gasteiger partial charge < -0.3 is 14.5 Å². The third-order valence-corrected chi connectivity index (χ3v) is 3.00. The van der Waals surface area contributed by atoms with Gasteiger partial charge in [-0.05, 0) is 36.8 Å². The molecule has 106 valence electrons. The van der Waals surface area contributed by atoms with E-state index in [0.29, 0.717) is 12.3 Å². The summed E-state index contributed by atoms with van der Waals surface area (Å²) in [7, 11) is 1.30. The van der Waals surface area contributed by atoms with Crippen LogP contribution in [0.4, 0.5) is 4.39 Å². The average molecular weight is 277 g/mol. The Hall–Kier alpha value is -2.14. The lowest BCUT2D eigenvalue weighted by Gasteiger charge is -2.13. The lowest BCUT2D eigenvalue weighted by Crippen LogP contribution is -2.17. The Morgan fingerprint density at radius 1 is 1.30 bits per heavy atom. The number of ether oxygens (including phenoxy) is 1. The first kappa shape index (κ1) is 14.3. The summed E-state index contributed by atoms with van der Waals surface area (Å²) >= 11 is 0. The molecule has 0 aliphatic carbocycles. The van der Waals surface area contributed by atoms with E-state index in [-0.39, 0.29) is 17.6 Å². The molecule has 2 aromatic rings. The topological polar surface area (TPSA) is 51.5 Å². The van der Waals surface area contributed by atoms with E-state index >= 15 is 0 Å². The Labute approximate surface area is 116 Å². The normalized spacial score (nSPS) is 12.2. The van der Waals surface area contributed by atoms with Crippen molar-refractivity contribution < 1.29 is 18.3 Å². The third-order valence-electron chi connectivity index (χ3n) is 3.00. The molecular weight excluding hydrogens is 261 g/mol. The molecule has 1 atom stereocenters. The highest BCUT2D eigenvalue weighted by Gasteiger charge is 2.12. The van der Waals surface area contributed by atoms with Gasteiger partial charge in [-0.15, -0.1) is 0 Å². The monoisotopic (exact) mass is 277 g/mol. The highest BCUT2D eigenvalue weighted by Crippen LogP contribution is 2.15. The van der Waals surface area contributed by atoms with E-state index < -0.39 is 5.97 Å². The van der Waals surface area contributed by atoms with Crippen LogP contribution in [0.15, 0.2) is 40.8 Å². The molecule has 20 heavy (non-hydrogen) atoms. The summed E-state index contributed by atoms with van der Waals surface area (Å²) in [6.45, 7) is 2.44. The Morgan fingerprint density at radius 2 is 2.00 bits per heavy atom. The molecule has 1 heterocycles. The van der Waals surface area contributed by atoms with E-state index in [0.717, 1.165) is 5.56 Å². The van der Waals surface area contributed by atoms with Crippen LogP contribution in [0, 0.1) is 5.82 Å². The van der Waals surface area contributed by atoms with Gasteiger partial charge in [0.2, 0.25) is 5.76 Å². The van der Waals surface area contributed by atoms with Crippen LogP contribution < -0.4 is 5.32 Å². The summed E-state index contributed by atoms with van der Waals surface area (Å²) in [6, 6.07) is 9.65. The highest BCUT2D eigenvalue weighted by molar-refractivity contribution is 5.86. The second kappa shape index (κ2) is 6.34. The van der Waals surface area contributed by atoms with Gasteiger partial charge >= 0.3 is 5.97 Å². The number of halogens is 1. The first-order valence-electron chi connectivity index (χ1n) is 6.26. The van der Waals surface area contributed by atoms with Crippen LogP contribution in [0.2, 0.25) is 0 Å². The lowest BCUT2D eigenvalue weighted by molar-refractivity contribution is 0.0563. The fraction of sp³-hybridized carbons (Fsp3) is 0.267. The van der Waals surface area contributed by atoms with Gasteiger partial charge in [0.15, 0.2) is 0 Å². The zero-order valence-corrected chi connectivity index (χ0v) is 11.4. The molecule has 0 fully saturated rings. The minimum absolute atomic E-state index is 0.0438. The SMILES string of the molecule is COC(=O)c1ccc(CN[C@@H](C)c2ccc(F)cc2)o1. The first-order chi connectivity index (χ1) is 9.60. The van der Waals surface area contributed by atoms with E-state index in [1.165, 1.54) is 19.2 Å². The van der Waals surface area contributed by atoms with Crippen molar-refractivity contribution in [3.63, 3.8) is 0 Å². The molecule has 1 aromatic carbocycles. The van der Waals surface area contributed by atoms with E-state index in [1.54, 1.807) is 24.3 Å². The Bertz CT molecular complexity index is 577. The maximum absolute atomic E-state index is 12.8. The zero-order chi connectivity index (χ0) is 14.5. The summed E-state index contributed by atoms with van der Waals surface area (Å²) in [4.78, 5) is 11.2. The van der Waals surface area contributed by atoms with Gasteiger partial charge in [-0.2, -0.15) is 0 Å². The number of nitrogens with one attached hydrogen (secondary N) is 1. The average Bonchev–Trinajstić information content (AvgIpc) is 2.93. The second-order valence-corrected chi connectivity index (χ2v) is 4.41. The lowest BCUT2D eigenvalue weighted by atomic mass is 10.1. The highest BCUT2D eigenvalue weighted by atomic mass is 19.1. The maximum Gasteiger partial charge on any atom is 0.373 e. The molecule has 1 aromatic heterocycles. The predicted molar refractivity (Wildman–Crippen MR) is 71.7 cm³/mol. The summed E-state index contributed by atoms with van der Waals surface area (Å²) in [6.07, 6.45) is 0. The summed E-state index contributed by atoms with van der Waals surface area (Å²) in [5, 5.41) is 3.24. The Morgan fingerprint density at radius 3 is 2.65 bits per heavy atom. The van der Waals surface area contributed by atoms with Gasteiger partial charge in [0.25, 0.3) is 0 Å². The standard InChI is InChI=1S/C15H16FNO3/c1-10(11-3-5-12(16)6-4-11)17-9-13-7-8-14(20-13)15(18)19-2/h3-8,10,17H,9H2,1-2H3/t10-/m0/s1. The largest absolute Gasteiger partial charge is 0.463 e. The van der Waals surface area contributed by atoms with Crippen molar-refractivity contribution in [2.45, 2.75) is 19.5 Å². The number of esters is 1. The molecule has 4 nitrogen and oxygen atoms in total. The van der Waals surface area contributed by atoms with Crippen LogP contribution in [0.1, 0.15) is 34.8 Å². The Kier molecular flexibility index (Phi) is 4.53. The predicted octanol–water partition coefficient (Wildman–Crippen LogP) is 3.06. The van der Waals surface area contributed by atoms with Crippen molar-refractivity contribution >= 4 is 5.97 Å². The van der Waals surface area contributed by atoms with Crippen LogP contribution >= 0.6 is 0 Å². The number of methoxy groups -OCH3 is 1. The third kappa shape index (κ3) is 3.45. The smallest absolute Gasteiger partial charge is 0.373 e. The van der Waals surface area contributed by atoms with Crippen molar-refractivity contribution in [1.29, 1.82) is 0 Å². The van der Waals surface area contributed by atoms with Crippen LogP contribution in [-0.2, 0) is 11.3 Å². The molecule has 0 unspecified atom stereocenters. The molecule has 1 N–H and O–H groups in total. The minimum atomic E-state index is -0.497. The van der Waals surface area contributed by atoms with Crippen LogP contribution in [0.5, 0.6) is 0 Å². The van der Waals surface area contributed by atoms with Crippen LogP contribution in [0.3, 0.4) is 0 Å². The molecular formula is C15H16FNO3. The van der Waals surface area contributed by atoms with E-state index in [1.807, 2.05) is 6.92 Å². The number of hydrogen-bond donors (Lipinski definition) is 1. The van der Waals surface area contributed by atoms with Crippen molar-refractivity contribution in [1.82, 2.24) is 5.32 Å². The van der Waals surface area contributed by atoms with Gasteiger partial charge in [-0.3, -0.25) is 0 Å². The van der Waals surface area contributed by atoms with Gasteiger partial charge in [-0.1, -0.05) is 12.1 Å². The molecule has 0 saturated heterocycles.